The molecule has 2 aliphatic heterocycles. The van der Waals surface area contributed by atoms with Crippen LogP contribution >= 0.6 is 12.4 Å². The molecule has 108 valence electrons. The van der Waals surface area contributed by atoms with Crippen LogP contribution in [-0.4, -0.2) is 54.0 Å². The summed E-state index contributed by atoms with van der Waals surface area (Å²) >= 11 is 0. The van der Waals surface area contributed by atoms with Gasteiger partial charge in [0, 0.05) is 13.1 Å². The first-order valence-corrected chi connectivity index (χ1v) is 6.16. The molecule has 2 aliphatic rings. The SMILES string of the molecule is Cl.OC1CCN(C2(C(F)(F)F)CCNCC2)CC1. The van der Waals surface area contributed by atoms with Gasteiger partial charge in [-0.2, -0.15) is 13.2 Å². The van der Waals surface area contributed by atoms with Crippen molar-refractivity contribution in [2.24, 2.45) is 0 Å². The molecule has 0 aromatic rings. The van der Waals surface area contributed by atoms with Gasteiger partial charge in [0.15, 0.2) is 0 Å². The maximum Gasteiger partial charge on any atom is 0.406 e. The summed E-state index contributed by atoms with van der Waals surface area (Å²) < 4.78 is 40.0. The number of aliphatic hydroxyl groups is 1. The first kappa shape index (κ1) is 16.0. The van der Waals surface area contributed by atoms with Crippen LogP contribution in [-0.2, 0) is 0 Å². The number of aliphatic hydroxyl groups excluding tert-OH is 1. The summed E-state index contributed by atoms with van der Waals surface area (Å²) in [4.78, 5) is 1.54. The number of likely N-dealkylation sites (tertiary alicyclic amines) is 1. The molecule has 0 spiro atoms. The Kier molecular flexibility index (Phi) is 5.29. The number of nitrogens with zero attached hydrogens (tertiary/aromatic N) is 1. The third-order valence-electron chi connectivity index (χ3n) is 4.03. The van der Waals surface area contributed by atoms with Gasteiger partial charge in [-0.05, 0) is 38.8 Å². The predicted octanol–water partition coefficient (Wildman–Crippen LogP) is 1.55. The number of halogens is 4. The standard InChI is InChI=1S/C11H19F3N2O.ClH/c12-11(13,14)10(3-5-15-6-4-10)16-7-1-9(17)2-8-16;/h9,15,17H,1-8H2;1H. The second-order valence-electron chi connectivity index (χ2n) is 5.00. The van der Waals surface area contributed by atoms with Crippen molar-refractivity contribution in [1.82, 2.24) is 10.2 Å². The van der Waals surface area contributed by atoms with Gasteiger partial charge in [0.2, 0.25) is 0 Å². The highest BCUT2D eigenvalue weighted by Gasteiger charge is 2.58. The summed E-state index contributed by atoms with van der Waals surface area (Å²) in [5.74, 6) is 0. The van der Waals surface area contributed by atoms with Gasteiger partial charge in [-0.15, -0.1) is 12.4 Å². The van der Waals surface area contributed by atoms with Crippen LogP contribution in [0.1, 0.15) is 25.7 Å². The minimum atomic E-state index is -4.18. The summed E-state index contributed by atoms with van der Waals surface area (Å²) in [6.07, 6.45) is -3.48. The number of hydrogen-bond acceptors (Lipinski definition) is 3. The Balaban J connectivity index is 0.00000162. The Hall–Kier alpha value is -0.0400. The molecule has 0 unspecified atom stereocenters. The van der Waals surface area contributed by atoms with E-state index in [0.717, 1.165) is 0 Å². The molecule has 0 amide bonds. The highest BCUT2D eigenvalue weighted by Crippen LogP contribution is 2.43. The second kappa shape index (κ2) is 5.94. The molecule has 18 heavy (non-hydrogen) atoms. The van der Waals surface area contributed by atoms with E-state index in [2.05, 4.69) is 5.32 Å². The molecule has 2 fully saturated rings. The van der Waals surface area contributed by atoms with Crippen molar-refractivity contribution in [3.8, 4) is 0 Å². The molecule has 2 N–H and O–H groups in total. The van der Waals surface area contributed by atoms with E-state index in [0.29, 0.717) is 39.0 Å². The molecule has 2 saturated heterocycles. The molecule has 2 rings (SSSR count). The fourth-order valence-electron chi connectivity index (χ4n) is 2.91. The van der Waals surface area contributed by atoms with Crippen molar-refractivity contribution in [2.45, 2.75) is 43.5 Å². The quantitative estimate of drug-likeness (QED) is 0.768. The Morgan fingerprint density at radius 2 is 1.61 bits per heavy atom. The Morgan fingerprint density at radius 3 is 2.06 bits per heavy atom. The van der Waals surface area contributed by atoms with Crippen LogP contribution in [0.4, 0.5) is 13.2 Å². The van der Waals surface area contributed by atoms with Crippen molar-refractivity contribution in [1.29, 1.82) is 0 Å². The first-order chi connectivity index (χ1) is 7.96. The highest BCUT2D eigenvalue weighted by atomic mass is 35.5. The average molecular weight is 289 g/mol. The topological polar surface area (TPSA) is 35.5 Å². The molecule has 0 atom stereocenters. The van der Waals surface area contributed by atoms with Gasteiger partial charge in [0.1, 0.15) is 5.54 Å². The van der Waals surface area contributed by atoms with E-state index in [1.54, 1.807) is 4.90 Å². The van der Waals surface area contributed by atoms with Gasteiger partial charge in [-0.1, -0.05) is 0 Å². The second-order valence-corrected chi connectivity index (χ2v) is 5.00. The minimum absolute atomic E-state index is 0. The lowest BCUT2D eigenvalue weighted by Gasteiger charge is -2.49. The van der Waals surface area contributed by atoms with Crippen LogP contribution in [0, 0.1) is 0 Å². The van der Waals surface area contributed by atoms with Gasteiger partial charge in [0.05, 0.1) is 6.10 Å². The van der Waals surface area contributed by atoms with E-state index in [4.69, 9.17) is 0 Å². The monoisotopic (exact) mass is 288 g/mol. The lowest BCUT2D eigenvalue weighted by atomic mass is 9.84. The fraction of sp³-hybridized carbons (Fsp3) is 1.00. The van der Waals surface area contributed by atoms with E-state index in [1.807, 2.05) is 0 Å². The number of alkyl halides is 3. The molecule has 0 aliphatic carbocycles. The van der Waals surface area contributed by atoms with E-state index in [1.165, 1.54) is 0 Å². The van der Waals surface area contributed by atoms with Gasteiger partial charge < -0.3 is 10.4 Å². The smallest absolute Gasteiger partial charge is 0.393 e. The maximum atomic E-state index is 13.3. The zero-order valence-corrected chi connectivity index (χ0v) is 11.0. The zero-order chi connectivity index (χ0) is 12.5. The van der Waals surface area contributed by atoms with Crippen LogP contribution in [0.2, 0.25) is 0 Å². The first-order valence-electron chi connectivity index (χ1n) is 6.16. The van der Waals surface area contributed by atoms with E-state index >= 15 is 0 Å². The fourth-order valence-corrected chi connectivity index (χ4v) is 2.91. The molecule has 0 aromatic carbocycles. The molecule has 3 nitrogen and oxygen atoms in total. The van der Waals surface area contributed by atoms with Crippen LogP contribution < -0.4 is 5.32 Å². The van der Waals surface area contributed by atoms with E-state index in [9.17, 15) is 18.3 Å². The molecule has 0 bridgehead atoms. The van der Waals surface area contributed by atoms with Gasteiger partial charge >= 0.3 is 6.18 Å². The lowest BCUT2D eigenvalue weighted by molar-refractivity contribution is -0.245. The molecular weight excluding hydrogens is 269 g/mol. The lowest BCUT2D eigenvalue weighted by Crippen LogP contribution is -2.64. The van der Waals surface area contributed by atoms with Crippen LogP contribution in [0.3, 0.4) is 0 Å². The Labute approximate surface area is 111 Å². The summed E-state index contributed by atoms with van der Waals surface area (Å²) in [5, 5.41) is 12.4. The molecule has 0 radical (unpaired) electrons. The highest BCUT2D eigenvalue weighted by molar-refractivity contribution is 5.85. The Bertz CT molecular complexity index is 262. The predicted molar refractivity (Wildman–Crippen MR) is 65.0 cm³/mol. The normalized spacial score (nSPS) is 26.7. The molecular formula is C11H20ClF3N2O. The van der Waals surface area contributed by atoms with Crippen LogP contribution in [0.5, 0.6) is 0 Å². The summed E-state index contributed by atoms with van der Waals surface area (Å²) in [5.41, 5.74) is -1.67. The van der Waals surface area contributed by atoms with Crippen molar-refractivity contribution in [3.05, 3.63) is 0 Å². The minimum Gasteiger partial charge on any atom is -0.393 e. The average Bonchev–Trinajstić information content (AvgIpc) is 2.29. The molecule has 0 aromatic heterocycles. The van der Waals surface area contributed by atoms with Gasteiger partial charge in [0.25, 0.3) is 0 Å². The third kappa shape index (κ3) is 2.92. The van der Waals surface area contributed by atoms with Crippen molar-refractivity contribution in [2.75, 3.05) is 26.2 Å². The van der Waals surface area contributed by atoms with Gasteiger partial charge in [-0.25, -0.2) is 0 Å². The van der Waals surface area contributed by atoms with Gasteiger partial charge in [-0.3, -0.25) is 4.90 Å². The third-order valence-corrected chi connectivity index (χ3v) is 4.03. The number of nitrogens with one attached hydrogen (secondary N) is 1. The summed E-state index contributed by atoms with van der Waals surface area (Å²) in [6, 6.07) is 0. The van der Waals surface area contributed by atoms with Crippen molar-refractivity contribution >= 4 is 12.4 Å². The van der Waals surface area contributed by atoms with E-state index in [-0.39, 0.29) is 25.2 Å². The molecule has 7 heteroatoms. The number of piperidine rings is 2. The van der Waals surface area contributed by atoms with E-state index < -0.39 is 17.8 Å². The van der Waals surface area contributed by atoms with Crippen molar-refractivity contribution < 1.29 is 18.3 Å². The maximum absolute atomic E-state index is 13.3. The molecule has 2 heterocycles. The van der Waals surface area contributed by atoms with Crippen molar-refractivity contribution in [3.63, 3.8) is 0 Å². The number of rotatable bonds is 1. The summed E-state index contributed by atoms with van der Waals surface area (Å²) in [6.45, 7) is 1.53. The van der Waals surface area contributed by atoms with Crippen LogP contribution in [0.25, 0.3) is 0 Å². The largest absolute Gasteiger partial charge is 0.406 e. The van der Waals surface area contributed by atoms with Crippen LogP contribution in [0.15, 0.2) is 0 Å². The summed E-state index contributed by atoms with van der Waals surface area (Å²) in [7, 11) is 0. The zero-order valence-electron chi connectivity index (χ0n) is 10.2. The molecule has 0 saturated carbocycles. The Morgan fingerprint density at radius 1 is 1.11 bits per heavy atom. The number of hydrogen-bond donors (Lipinski definition) is 2.